The van der Waals surface area contributed by atoms with Gasteiger partial charge in [-0.05, 0) is 73.7 Å². The number of hydrogen-bond acceptors (Lipinski definition) is 7. The summed E-state index contributed by atoms with van der Waals surface area (Å²) in [5, 5.41) is 6.29. The fourth-order valence-corrected chi connectivity index (χ4v) is 7.92. The average molecular weight is 809 g/mol. The van der Waals surface area contributed by atoms with Crippen molar-refractivity contribution in [2.75, 3.05) is 45.2 Å². The fourth-order valence-electron chi connectivity index (χ4n) is 7.92. The Morgan fingerprint density at radius 3 is 1.97 bits per heavy atom. The van der Waals surface area contributed by atoms with E-state index >= 15 is 0 Å². The van der Waals surface area contributed by atoms with Crippen LogP contribution in [0, 0.1) is 0 Å². The molecule has 2 N–H and O–H groups in total. The molecule has 5 aromatic rings. The summed E-state index contributed by atoms with van der Waals surface area (Å²) >= 11 is 0. The minimum Gasteiger partial charge on any atom is -0.487 e. The predicted molar refractivity (Wildman–Crippen MR) is 240 cm³/mol. The zero-order chi connectivity index (χ0) is 41.8. The van der Waals surface area contributed by atoms with Crippen molar-refractivity contribution in [3.63, 3.8) is 0 Å². The summed E-state index contributed by atoms with van der Waals surface area (Å²) in [6, 6.07) is 43.1. The van der Waals surface area contributed by atoms with Gasteiger partial charge in [0, 0.05) is 31.2 Å². The van der Waals surface area contributed by atoms with Gasteiger partial charge in [0.1, 0.15) is 17.9 Å². The molecule has 5 aromatic carbocycles. The van der Waals surface area contributed by atoms with Gasteiger partial charge in [0.2, 0.25) is 0 Å². The van der Waals surface area contributed by atoms with Gasteiger partial charge in [-0.15, -0.1) is 0 Å². The molecule has 0 radical (unpaired) electrons. The van der Waals surface area contributed by atoms with E-state index in [-0.39, 0.29) is 42.3 Å². The molecule has 0 atom stereocenters. The third kappa shape index (κ3) is 13.6. The van der Waals surface area contributed by atoms with Crippen LogP contribution in [-0.2, 0) is 17.9 Å². The molecule has 60 heavy (non-hydrogen) atoms. The lowest BCUT2D eigenvalue weighted by Crippen LogP contribution is -2.46. The number of ether oxygens (including phenoxy) is 2. The number of Topliss-reactive ketones (excluding diaryl/α,β-unsaturated/α-hetero) is 1. The molecule has 6 rings (SSSR count). The van der Waals surface area contributed by atoms with E-state index in [4.69, 9.17) is 9.47 Å². The highest BCUT2D eigenvalue weighted by atomic mass is 16.5. The van der Waals surface area contributed by atoms with Crippen LogP contribution in [0.25, 0.3) is 11.1 Å². The summed E-state index contributed by atoms with van der Waals surface area (Å²) in [5.41, 5.74) is 5.64. The summed E-state index contributed by atoms with van der Waals surface area (Å²) in [6.07, 6.45) is 10.0. The van der Waals surface area contributed by atoms with E-state index in [1.54, 1.807) is 18.2 Å². The van der Waals surface area contributed by atoms with Crippen LogP contribution in [-0.4, -0.2) is 73.5 Å². The number of benzene rings is 5. The van der Waals surface area contributed by atoms with Crippen molar-refractivity contribution in [3.05, 3.63) is 156 Å². The number of methoxy groups -OCH3 is 1. The molecule has 1 aliphatic heterocycles. The van der Waals surface area contributed by atoms with Crippen molar-refractivity contribution in [2.24, 2.45) is 0 Å². The van der Waals surface area contributed by atoms with E-state index in [9.17, 15) is 14.4 Å². The number of urea groups is 1. The molecule has 1 aliphatic rings. The lowest BCUT2D eigenvalue weighted by molar-refractivity contribution is 0.0595. The first-order valence-electron chi connectivity index (χ1n) is 21.6. The average Bonchev–Trinajstić information content (AvgIpc) is 3.29. The number of nitrogens with zero attached hydrogens (tertiary/aromatic N) is 2. The van der Waals surface area contributed by atoms with Crippen LogP contribution in [0.3, 0.4) is 0 Å². The molecule has 2 amide bonds. The molecule has 1 saturated heterocycles. The van der Waals surface area contributed by atoms with Gasteiger partial charge >= 0.3 is 12.0 Å². The monoisotopic (exact) mass is 808 g/mol. The number of esters is 1. The summed E-state index contributed by atoms with van der Waals surface area (Å²) in [6.45, 7) is 5.02. The number of anilines is 1. The van der Waals surface area contributed by atoms with Crippen LogP contribution >= 0.6 is 0 Å². The molecular formula is C51H60N4O5. The van der Waals surface area contributed by atoms with E-state index in [0.29, 0.717) is 12.1 Å². The Bertz CT molecular complexity index is 2070. The zero-order valence-electron chi connectivity index (χ0n) is 35.0. The summed E-state index contributed by atoms with van der Waals surface area (Å²) in [5.74, 6) is -0.362. The lowest BCUT2D eigenvalue weighted by atomic mass is 10.0. The van der Waals surface area contributed by atoms with E-state index in [1.807, 2.05) is 91.0 Å². The fraction of sp³-hybridized carbons (Fsp3) is 0.353. The number of carbonyl (C=O) groups is 3. The topological polar surface area (TPSA) is 100 Å². The van der Waals surface area contributed by atoms with Gasteiger partial charge < -0.3 is 25.0 Å². The number of rotatable bonds is 22. The number of likely N-dealkylation sites (tertiary alicyclic amines) is 1. The molecule has 0 bridgehead atoms. The maximum atomic E-state index is 14.0. The summed E-state index contributed by atoms with van der Waals surface area (Å²) in [4.78, 5) is 44.4. The van der Waals surface area contributed by atoms with Crippen molar-refractivity contribution in [3.8, 4) is 16.9 Å². The number of piperidine rings is 1. The Kier molecular flexibility index (Phi) is 17.3. The highest BCUT2D eigenvalue weighted by Gasteiger charge is 2.24. The highest BCUT2D eigenvalue weighted by Crippen LogP contribution is 2.29. The van der Waals surface area contributed by atoms with Gasteiger partial charge in [-0.3, -0.25) is 9.69 Å². The Labute approximate surface area is 356 Å². The normalized spacial score (nSPS) is 13.2. The van der Waals surface area contributed by atoms with E-state index in [1.165, 1.54) is 39.2 Å². The first-order valence-corrected chi connectivity index (χ1v) is 21.6. The summed E-state index contributed by atoms with van der Waals surface area (Å²) in [7, 11) is 1.33. The third-order valence-corrected chi connectivity index (χ3v) is 11.2. The molecule has 0 unspecified atom stereocenters. The first-order chi connectivity index (χ1) is 29.5. The van der Waals surface area contributed by atoms with Crippen LogP contribution in [0.2, 0.25) is 0 Å². The Balaban J connectivity index is 0.889. The van der Waals surface area contributed by atoms with Crippen LogP contribution in [0.5, 0.6) is 5.75 Å². The van der Waals surface area contributed by atoms with Gasteiger partial charge in [-0.25, -0.2) is 9.59 Å². The van der Waals surface area contributed by atoms with Crippen molar-refractivity contribution < 1.29 is 23.9 Å². The molecule has 0 saturated carbocycles. The molecule has 0 spiro atoms. The lowest BCUT2D eigenvalue weighted by Gasteiger charge is -2.32. The van der Waals surface area contributed by atoms with Crippen LogP contribution in [0.15, 0.2) is 133 Å². The number of carbonyl (C=O) groups excluding carboxylic acids is 3. The second-order valence-electron chi connectivity index (χ2n) is 15.7. The minimum atomic E-state index is -0.535. The molecule has 1 fully saturated rings. The SMILES string of the molecule is COC(=O)c1cccc(C(=O)CN(CCCCCCCCCN2CCC(NC(=O)Nc3ccccc3-c3ccccc3)CC2)Cc2ccccc2)c1OCc1ccccc1. The van der Waals surface area contributed by atoms with Gasteiger partial charge in [0.15, 0.2) is 5.78 Å². The maximum Gasteiger partial charge on any atom is 0.341 e. The number of ketones is 1. The summed E-state index contributed by atoms with van der Waals surface area (Å²) < 4.78 is 11.2. The van der Waals surface area contributed by atoms with Gasteiger partial charge in [-0.2, -0.15) is 0 Å². The van der Waals surface area contributed by atoms with Gasteiger partial charge in [0.05, 0.1) is 24.9 Å². The highest BCUT2D eigenvalue weighted by molar-refractivity contribution is 6.04. The third-order valence-electron chi connectivity index (χ3n) is 11.2. The smallest absolute Gasteiger partial charge is 0.341 e. The maximum absolute atomic E-state index is 14.0. The standard InChI is InChI=1S/C51H60N4O5/c1-59-50(57)46-29-20-28-45(49(46)60-39-41-23-12-8-13-24-41)48(56)38-55(37-40-21-10-7-11-22-40)34-19-6-4-2-3-5-18-33-54-35-31-43(32-36-54)52-51(58)53-47-30-17-16-27-44(47)42-25-14-9-15-26-42/h7-17,20-30,43H,2-6,18-19,31-39H2,1H3,(H2,52,53,58). The van der Waals surface area contributed by atoms with Crippen LogP contribution < -0.4 is 15.4 Å². The Hall–Kier alpha value is -5.77. The second kappa shape index (κ2) is 23.7. The second-order valence-corrected chi connectivity index (χ2v) is 15.7. The van der Waals surface area contributed by atoms with Gasteiger partial charge in [-0.1, -0.05) is 147 Å². The van der Waals surface area contributed by atoms with E-state index in [2.05, 4.69) is 44.7 Å². The number of nitrogens with one attached hydrogen (secondary N) is 2. The Morgan fingerprint density at radius 1 is 0.667 bits per heavy atom. The Morgan fingerprint density at radius 2 is 1.27 bits per heavy atom. The molecule has 9 heteroatoms. The number of para-hydroxylation sites is 2. The van der Waals surface area contributed by atoms with Crippen molar-refractivity contribution >= 4 is 23.5 Å². The first kappa shape index (κ1) is 43.8. The molecule has 9 nitrogen and oxygen atoms in total. The number of unbranched alkanes of at least 4 members (excludes halogenated alkanes) is 6. The molecule has 0 aromatic heterocycles. The van der Waals surface area contributed by atoms with Gasteiger partial charge in [0.25, 0.3) is 0 Å². The van der Waals surface area contributed by atoms with E-state index < -0.39 is 5.97 Å². The number of amides is 2. The zero-order valence-corrected chi connectivity index (χ0v) is 35.0. The van der Waals surface area contributed by atoms with Crippen LogP contribution in [0.4, 0.5) is 10.5 Å². The molecule has 0 aliphatic carbocycles. The molecular weight excluding hydrogens is 749 g/mol. The van der Waals surface area contributed by atoms with Crippen LogP contribution in [0.1, 0.15) is 89.6 Å². The minimum absolute atomic E-state index is 0.0913. The van der Waals surface area contributed by atoms with Crippen molar-refractivity contribution in [1.29, 1.82) is 0 Å². The van der Waals surface area contributed by atoms with E-state index in [0.717, 1.165) is 79.8 Å². The molecule has 314 valence electrons. The quantitative estimate of drug-likeness (QED) is 0.0408. The molecule has 1 heterocycles. The number of hydrogen-bond donors (Lipinski definition) is 2. The largest absolute Gasteiger partial charge is 0.487 e. The van der Waals surface area contributed by atoms with Crippen molar-refractivity contribution in [1.82, 2.24) is 15.1 Å². The predicted octanol–water partition coefficient (Wildman–Crippen LogP) is 10.4. The van der Waals surface area contributed by atoms with Crippen molar-refractivity contribution in [2.45, 2.75) is 77.0 Å².